The van der Waals surface area contributed by atoms with Gasteiger partial charge in [0.05, 0.1) is 5.69 Å². The van der Waals surface area contributed by atoms with Gasteiger partial charge in [0, 0.05) is 22.1 Å². The van der Waals surface area contributed by atoms with Crippen molar-refractivity contribution in [2.24, 2.45) is 0 Å². The average Bonchev–Trinajstić information content (AvgIpc) is 2.70. The Morgan fingerprint density at radius 1 is 1.44 bits per heavy atom. The van der Waals surface area contributed by atoms with Crippen LogP contribution in [0.15, 0.2) is 22.7 Å². The van der Waals surface area contributed by atoms with Gasteiger partial charge < -0.3 is 4.90 Å². The molecule has 1 aliphatic rings. The number of anilines is 1. The van der Waals surface area contributed by atoms with Crippen LogP contribution in [0.1, 0.15) is 50.4 Å². The minimum Gasteiger partial charge on any atom is -0.365 e. The van der Waals surface area contributed by atoms with Crippen molar-refractivity contribution in [1.29, 1.82) is 0 Å². The van der Waals surface area contributed by atoms with Crippen LogP contribution in [-0.2, 0) is 0 Å². The molecule has 18 heavy (non-hydrogen) atoms. The van der Waals surface area contributed by atoms with Crippen molar-refractivity contribution in [3.8, 4) is 0 Å². The van der Waals surface area contributed by atoms with Crippen molar-refractivity contribution < 1.29 is 4.79 Å². The molecule has 0 bridgehead atoms. The highest BCUT2D eigenvalue weighted by Gasteiger charge is 2.30. The molecule has 0 aliphatic carbocycles. The molecule has 0 amide bonds. The maximum atomic E-state index is 11.4. The Kier molecular flexibility index (Phi) is 4.10. The van der Waals surface area contributed by atoms with Gasteiger partial charge in [-0.2, -0.15) is 0 Å². The summed E-state index contributed by atoms with van der Waals surface area (Å²) < 4.78 is 1.03. The fourth-order valence-corrected chi connectivity index (χ4v) is 3.43. The van der Waals surface area contributed by atoms with Gasteiger partial charge in [-0.15, -0.1) is 0 Å². The third kappa shape index (κ3) is 2.46. The van der Waals surface area contributed by atoms with Crippen molar-refractivity contribution in [3.63, 3.8) is 0 Å². The largest absolute Gasteiger partial charge is 0.365 e. The molecule has 0 aromatic heterocycles. The van der Waals surface area contributed by atoms with Crippen LogP contribution in [0.4, 0.5) is 5.69 Å². The summed E-state index contributed by atoms with van der Waals surface area (Å²) in [6, 6.07) is 7.15. The molecule has 2 atom stereocenters. The van der Waals surface area contributed by atoms with Crippen LogP contribution in [0.3, 0.4) is 0 Å². The quantitative estimate of drug-likeness (QED) is 0.770. The first-order valence-corrected chi connectivity index (χ1v) is 7.42. The number of rotatable bonds is 3. The predicted molar refractivity (Wildman–Crippen MR) is 79.4 cm³/mol. The summed E-state index contributed by atoms with van der Waals surface area (Å²) in [5.74, 6) is 0.115. The van der Waals surface area contributed by atoms with Gasteiger partial charge in [0.25, 0.3) is 0 Å². The number of benzene rings is 1. The summed E-state index contributed by atoms with van der Waals surface area (Å²) in [5.41, 5.74) is 1.99. The second-order valence-electron chi connectivity index (χ2n) is 5.12. The number of carbonyl (C=O) groups is 1. The Labute approximate surface area is 117 Å². The number of ketones is 1. The standard InChI is InChI=1S/C15H20BrNO/c1-4-13-7-5-10(2)17(13)15-8-6-12(11(3)18)9-14(15)16/h6,8-10,13H,4-5,7H2,1-3H3. The average molecular weight is 310 g/mol. The zero-order chi connectivity index (χ0) is 13.3. The number of Topliss-reactive ketones (excluding diaryl/α,β-unsaturated/α-hetero) is 1. The van der Waals surface area contributed by atoms with Gasteiger partial charge in [-0.3, -0.25) is 4.79 Å². The molecule has 0 N–H and O–H groups in total. The van der Waals surface area contributed by atoms with Gasteiger partial charge >= 0.3 is 0 Å². The van der Waals surface area contributed by atoms with E-state index < -0.39 is 0 Å². The summed E-state index contributed by atoms with van der Waals surface area (Å²) in [6.07, 6.45) is 3.68. The molecule has 2 unspecified atom stereocenters. The minimum absolute atomic E-state index is 0.115. The Morgan fingerprint density at radius 2 is 2.17 bits per heavy atom. The van der Waals surface area contributed by atoms with E-state index in [1.165, 1.54) is 24.9 Å². The minimum atomic E-state index is 0.115. The Bertz CT molecular complexity index is 458. The number of hydrogen-bond acceptors (Lipinski definition) is 2. The van der Waals surface area contributed by atoms with Crippen LogP contribution in [0.25, 0.3) is 0 Å². The lowest BCUT2D eigenvalue weighted by molar-refractivity contribution is 0.101. The monoisotopic (exact) mass is 309 g/mol. The predicted octanol–water partition coefficient (Wildman–Crippen LogP) is 4.42. The molecule has 0 saturated carbocycles. The molecule has 1 aromatic carbocycles. The van der Waals surface area contributed by atoms with Crippen LogP contribution in [0.5, 0.6) is 0 Å². The lowest BCUT2D eigenvalue weighted by Gasteiger charge is -2.31. The molecule has 2 rings (SSSR count). The molecule has 3 heteroatoms. The lowest BCUT2D eigenvalue weighted by Crippen LogP contribution is -2.34. The fourth-order valence-electron chi connectivity index (χ4n) is 2.84. The van der Waals surface area contributed by atoms with Crippen molar-refractivity contribution in [2.75, 3.05) is 4.90 Å². The van der Waals surface area contributed by atoms with Gasteiger partial charge in [-0.05, 0) is 67.2 Å². The number of halogens is 1. The van der Waals surface area contributed by atoms with E-state index in [-0.39, 0.29) is 5.78 Å². The van der Waals surface area contributed by atoms with Crippen molar-refractivity contribution in [1.82, 2.24) is 0 Å². The van der Waals surface area contributed by atoms with Crippen LogP contribution >= 0.6 is 15.9 Å². The van der Waals surface area contributed by atoms with Gasteiger partial charge in [-0.1, -0.05) is 6.92 Å². The maximum Gasteiger partial charge on any atom is 0.159 e. The summed E-state index contributed by atoms with van der Waals surface area (Å²) in [5, 5.41) is 0. The second kappa shape index (κ2) is 5.43. The van der Waals surface area contributed by atoms with E-state index in [0.717, 1.165) is 10.0 Å². The second-order valence-corrected chi connectivity index (χ2v) is 5.97. The molecule has 98 valence electrons. The summed E-state index contributed by atoms with van der Waals surface area (Å²) in [4.78, 5) is 13.9. The van der Waals surface area contributed by atoms with Gasteiger partial charge in [0.1, 0.15) is 0 Å². The topological polar surface area (TPSA) is 20.3 Å². The Balaban J connectivity index is 2.35. The molecule has 1 saturated heterocycles. The van der Waals surface area contributed by atoms with Crippen LogP contribution < -0.4 is 4.90 Å². The fraction of sp³-hybridized carbons (Fsp3) is 0.533. The molecule has 1 heterocycles. The SMILES string of the molecule is CCC1CCC(C)N1c1ccc(C(C)=O)cc1Br. The lowest BCUT2D eigenvalue weighted by atomic mass is 10.1. The van der Waals surface area contributed by atoms with Crippen molar-refractivity contribution in [3.05, 3.63) is 28.2 Å². The zero-order valence-corrected chi connectivity index (χ0v) is 12.8. The van der Waals surface area contributed by atoms with E-state index in [4.69, 9.17) is 0 Å². The van der Waals surface area contributed by atoms with Gasteiger partial charge in [0.2, 0.25) is 0 Å². The molecule has 0 radical (unpaired) electrons. The highest BCUT2D eigenvalue weighted by Crippen LogP contribution is 2.36. The molecular weight excluding hydrogens is 290 g/mol. The first-order valence-electron chi connectivity index (χ1n) is 6.63. The molecule has 2 nitrogen and oxygen atoms in total. The number of nitrogens with zero attached hydrogens (tertiary/aromatic N) is 1. The summed E-state index contributed by atoms with van der Waals surface area (Å²) in [7, 11) is 0. The van der Waals surface area contributed by atoms with E-state index in [9.17, 15) is 4.79 Å². The van der Waals surface area contributed by atoms with Crippen molar-refractivity contribution >= 4 is 27.4 Å². The molecule has 1 aromatic rings. The van der Waals surface area contributed by atoms with Crippen LogP contribution in [0, 0.1) is 0 Å². The molecule has 0 spiro atoms. The third-order valence-corrected chi connectivity index (χ3v) is 4.52. The van der Waals surface area contributed by atoms with E-state index in [0.29, 0.717) is 12.1 Å². The zero-order valence-electron chi connectivity index (χ0n) is 11.2. The van der Waals surface area contributed by atoms with E-state index in [2.05, 4.69) is 40.7 Å². The van der Waals surface area contributed by atoms with Crippen LogP contribution in [0.2, 0.25) is 0 Å². The first kappa shape index (κ1) is 13.6. The third-order valence-electron chi connectivity index (χ3n) is 3.89. The van der Waals surface area contributed by atoms with E-state index >= 15 is 0 Å². The van der Waals surface area contributed by atoms with E-state index in [1.54, 1.807) is 6.92 Å². The number of carbonyl (C=O) groups excluding carboxylic acids is 1. The van der Waals surface area contributed by atoms with Gasteiger partial charge in [-0.25, -0.2) is 0 Å². The van der Waals surface area contributed by atoms with E-state index in [1.807, 2.05) is 12.1 Å². The molecule has 1 aliphatic heterocycles. The first-order chi connectivity index (χ1) is 8.54. The summed E-state index contributed by atoms with van der Waals surface area (Å²) in [6.45, 7) is 6.13. The molecular formula is C15H20BrNO. The summed E-state index contributed by atoms with van der Waals surface area (Å²) >= 11 is 3.62. The Hall–Kier alpha value is -0.830. The highest BCUT2D eigenvalue weighted by atomic mass is 79.9. The normalized spacial score (nSPS) is 23.4. The maximum absolute atomic E-state index is 11.4. The highest BCUT2D eigenvalue weighted by molar-refractivity contribution is 9.10. The Morgan fingerprint density at radius 3 is 2.72 bits per heavy atom. The van der Waals surface area contributed by atoms with Gasteiger partial charge in [0.15, 0.2) is 5.78 Å². The smallest absolute Gasteiger partial charge is 0.159 e. The van der Waals surface area contributed by atoms with Crippen LogP contribution in [-0.4, -0.2) is 17.9 Å². The number of hydrogen-bond donors (Lipinski definition) is 0. The van der Waals surface area contributed by atoms with Crippen molar-refractivity contribution in [2.45, 2.75) is 52.1 Å². The molecule has 1 fully saturated rings.